The second-order valence-corrected chi connectivity index (χ2v) is 9.72. The van der Waals surface area contributed by atoms with E-state index < -0.39 is 6.04 Å². The summed E-state index contributed by atoms with van der Waals surface area (Å²) in [6.45, 7) is 4.52. The molecular formula is C32H30FN5O. The molecule has 0 unspecified atom stereocenters. The minimum Gasteiger partial charge on any atom is -0.308 e. The van der Waals surface area contributed by atoms with Crippen molar-refractivity contribution in [3.8, 4) is 11.5 Å². The molecule has 2 amide bonds. The number of nitrogens with one attached hydrogen (secondary N) is 1. The van der Waals surface area contributed by atoms with Crippen LogP contribution in [0.4, 0.5) is 14.9 Å². The minimum atomic E-state index is -0.447. The third-order valence-electron chi connectivity index (χ3n) is 7.36. The van der Waals surface area contributed by atoms with Gasteiger partial charge in [-0.05, 0) is 72.5 Å². The van der Waals surface area contributed by atoms with E-state index in [9.17, 15) is 9.18 Å². The highest BCUT2D eigenvalue weighted by atomic mass is 19.1. The summed E-state index contributed by atoms with van der Waals surface area (Å²) in [5.41, 5.74) is 6.52. The van der Waals surface area contributed by atoms with Gasteiger partial charge in [0.05, 0.1) is 29.7 Å². The van der Waals surface area contributed by atoms with E-state index >= 15 is 0 Å². The van der Waals surface area contributed by atoms with Gasteiger partial charge in [-0.15, -0.1) is 0 Å². The molecule has 0 saturated carbocycles. The summed E-state index contributed by atoms with van der Waals surface area (Å²) in [6, 6.07) is 27.7. The number of carbonyl (C=O) groups is 1. The fourth-order valence-electron chi connectivity index (χ4n) is 5.36. The van der Waals surface area contributed by atoms with Crippen LogP contribution in [0.3, 0.4) is 0 Å². The minimum absolute atomic E-state index is 0.233. The highest BCUT2D eigenvalue weighted by Gasteiger charge is 2.36. The summed E-state index contributed by atoms with van der Waals surface area (Å²) in [5, 5.41) is 8.10. The first kappa shape index (κ1) is 24.7. The third kappa shape index (κ3) is 4.50. The van der Waals surface area contributed by atoms with Gasteiger partial charge in [-0.3, -0.25) is 0 Å². The van der Waals surface area contributed by atoms with Crippen molar-refractivity contribution >= 4 is 11.7 Å². The molecule has 7 heteroatoms. The van der Waals surface area contributed by atoms with Crippen molar-refractivity contribution in [2.24, 2.45) is 0 Å². The topological polar surface area (TPSA) is 55.1 Å². The van der Waals surface area contributed by atoms with Gasteiger partial charge in [0.15, 0.2) is 0 Å². The zero-order valence-electron chi connectivity index (χ0n) is 22.0. The summed E-state index contributed by atoms with van der Waals surface area (Å²) in [6.07, 6.45) is 3.65. The van der Waals surface area contributed by atoms with Crippen molar-refractivity contribution in [2.75, 3.05) is 5.32 Å². The van der Waals surface area contributed by atoms with Gasteiger partial charge < -0.3 is 14.8 Å². The molecule has 3 heterocycles. The van der Waals surface area contributed by atoms with Crippen molar-refractivity contribution in [3.05, 3.63) is 131 Å². The van der Waals surface area contributed by atoms with Gasteiger partial charge >= 0.3 is 6.03 Å². The fourth-order valence-corrected chi connectivity index (χ4v) is 5.36. The van der Waals surface area contributed by atoms with Crippen molar-refractivity contribution in [2.45, 2.75) is 39.3 Å². The van der Waals surface area contributed by atoms with E-state index in [1.165, 1.54) is 17.7 Å². The standard InChI is InChI=1S/C32H30FN5O/c1-3-22-12-18-25(19-13-22)34-32(39)37-21-27-28(4-2)35-38(26-9-6-5-7-10-26)31(27)36-20-8-11-29(36)30(37)23-14-16-24(33)17-15-23/h5-20,30H,3-4,21H2,1-2H3,(H,34,39)/t30-/m0/s1. The van der Waals surface area contributed by atoms with Gasteiger partial charge in [0.25, 0.3) is 0 Å². The van der Waals surface area contributed by atoms with Crippen LogP contribution < -0.4 is 5.32 Å². The molecule has 0 saturated heterocycles. The number of anilines is 1. The summed E-state index contributed by atoms with van der Waals surface area (Å²) < 4.78 is 18.0. The molecule has 1 N–H and O–H groups in total. The quantitative estimate of drug-likeness (QED) is 0.270. The summed E-state index contributed by atoms with van der Waals surface area (Å²) in [4.78, 5) is 15.9. The summed E-state index contributed by atoms with van der Waals surface area (Å²) in [7, 11) is 0. The second-order valence-electron chi connectivity index (χ2n) is 9.72. The smallest absolute Gasteiger partial charge is 0.308 e. The molecule has 0 aliphatic carbocycles. The Kier molecular flexibility index (Phi) is 6.49. The molecule has 0 spiro atoms. The number of benzene rings is 3. The Morgan fingerprint density at radius 3 is 2.36 bits per heavy atom. The summed E-state index contributed by atoms with van der Waals surface area (Å²) in [5.74, 6) is 0.596. The number of nitrogens with zero attached hydrogens (tertiary/aromatic N) is 4. The first-order valence-electron chi connectivity index (χ1n) is 13.3. The molecule has 3 aromatic carbocycles. The van der Waals surface area contributed by atoms with Crippen molar-refractivity contribution in [3.63, 3.8) is 0 Å². The van der Waals surface area contributed by atoms with Crippen molar-refractivity contribution in [1.29, 1.82) is 0 Å². The fraction of sp³-hybridized carbons (Fsp3) is 0.188. The predicted octanol–water partition coefficient (Wildman–Crippen LogP) is 7.06. The molecule has 1 aliphatic rings. The van der Waals surface area contributed by atoms with Crippen LogP contribution in [-0.4, -0.2) is 25.3 Å². The highest BCUT2D eigenvalue weighted by molar-refractivity contribution is 5.90. The van der Waals surface area contributed by atoms with E-state index in [4.69, 9.17) is 5.10 Å². The molecule has 6 nitrogen and oxygen atoms in total. The molecule has 2 aromatic heterocycles. The van der Waals surface area contributed by atoms with E-state index in [1.54, 1.807) is 12.1 Å². The van der Waals surface area contributed by atoms with E-state index in [-0.39, 0.29) is 11.8 Å². The van der Waals surface area contributed by atoms with Crippen LogP contribution in [0.15, 0.2) is 97.2 Å². The number of halogens is 1. The predicted molar refractivity (Wildman–Crippen MR) is 151 cm³/mol. The number of carbonyl (C=O) groups excluding carboxylic acids is 1. The molecule has 1 aliphatic heterocycles. The number of aryl methyl sites for hydroxylation is 2. The first-order valence-corrected chi connectivity index (χ1v) is 13.3. The number of fused-ring (bicyclic) bond motifs is 3. The Balaban J connectivity index is 1.52. The number of urea groups is 1. The number of hydrogen-bond acceptors (Lipinski definition) is 2. The Hall–Kier alpha value is -4.65. The molecule has 5 aromatic rings. The molecule has 0 fully saturated rings. The maximum atomic E-state index is 14.0. The lowest BCUT2D eigenvalue weighted by Crippen LogP contribution is -2.38. The molecule has 1 atom stereocenters. The van der Waals surface area contributed by atoms with Gasteiger partial charge in [-0.1, -0.05) is 56.3 Å². The average molecular weight is 520 g/mol. The van der Waals surface area contributed by atoms with Gasteiger partial charge in [0.1, 0.15) is 11.6 Å². The lowest BCUT2D eigenvalue weighted by molar-refractivity contribution is 0.194. The summed E-state index contributed by atoms with van der Waals surface area (Å²) >= 11 is 0. The molecular weight excluding hydrogens is 489 g/mol. The third-order valence-corrected chi connectivity index (χ3v) is 7.36. The van der Waals surface area contributed by atoms with E-state index in [0.717, 1.165) is 46.1 Å². The molecule has 6 rings (SSSR count). The number of rotatable bonds is 5. The lowest BCUT2D eigenvalue weighted by Gasteiger charge is -2.31. The van der Waals surface area contributed by atoms with Crippen LogP contribution in [-0.2, 0) is 19.4 Å². The number of hydrogen-bond donors (Lipinski definition) is 1. The zero-order chi connectivity index (χ0) is 26.9. The number of aromatic nitrogens is 3. The normalized spacial score (nSPS) is 14.4. The maximum absolute atomic E-state index is 14.0. The van der Waals surface area contributed by atoms with E-state index in [0.29, 0.717) is 13.0 Å². The number of para-hydroxylation sites is 1. The first-order chi connectivity index (χ1) is 19.1. The van der Waals surface area contributed by atoms with Crippen LogP contribution in [0.25, 0.3) is 11.5 Å². The van der Waals surface area contributed by atoms with Crippen LogP contribution in [0.1, 0.15) is 48.0 Å². The van der Waals surface area contributed by atoms with Crippen LogP contribution in [0.2, 0.25) is 0 Å². The van der Waals surface area contributed by atoms with E-state index in [1.807, 2.05) is 82.5 Å². The van der Waals surface area contributed by atoms with E-state index in [2.05, 4.69) is 23.7 Å². The molecule has 0 bridgehead atoms. The zero-order valence-corrected chi connectivity index (χ0v) is 22.0. The molecule has 196 valence electrons. The van der Waals surface area contributed by atoms with Crippen molar-refractivity contribution < 1.29 is 9.18 Å². The SMILES string of the molecule is CCc1ccc(NC(=O)N2Cc3c(CC)nn(-c4ccccc4)c3-n3cccc3[C@@H]2c2ccc(F)cc2)cc1. The Morgan fingerprint density at radius 1 is 0.923 bits per heavy atom. The largest absolute Gasteiger partial charge is 0.322 e. The van der Waals surface area contributed by atoms with Gasteiger partial charge in [0, 0.05) is 17.4 Å². The Labute approximate surface area is 227 Å². The Morgan fingerprint density at radius 2 is 1.67 bits per heavy atom. The van der Waals surface area contributed by atoms with Gasteiger partial charge in [0.2, 0.25) is 0 Å². The Bertz CT molecular complexity index is 1600. The maximum Gasteiger partial charge on any atom is 0.322 e. The monoisotopic (exact) mass is 519 g/mol. The molecule has 39 heavy (non-hydrogen) atoms. The van der Waals surface area contributed by atoms with Crippen LogP contribution >= 0.6 is 0 Å². The second kappa shape index (κ2) is 10.3. The van der Waals surface area contributed by atoms with Crippen molar-refractivity contribution in [1.82, 2.24) is 19.2 Å². The van der Waals surface area contributed by atoms with Crippen LogP contribution in [0, 0.1) is 5.82 Å². The lowest BCUT2D eigenvalue weighted by atomic mass is 10.0. The average Bonchev–Trinajstić information content (AvgIpc) is 3.56. The van der Waals surface area contributed by atoms with Crippen LogP contribution in [0.5, 0.6) is 0 Å². The molecule has 0 radical (unpaired) electrons. The highest BCUT2D eigenvalue weighted by Crippen LogP contribution is 2.39. The number of amides is 2. The van der Waals surface area contributed by atoms with Gasteiger partial charge in [-0.2, -0.15) is 5.10 Å². The van der Waals surface area contributed by atoms with Gasteiger partial charge in [-0.25, -0.2) is 13.9 Å².